The molecule has 31 heavy (non-hydrogen) atoms. The number of piperazine rings is 1. The van der Waals surface area contributed by atoms with E-state index in [-0.39, 0.29) is 22.7 Å². The van der Waals surface area contributed by atoms with Crippen LogP contribution < -0.4 is 15.8 Å². The lowest BCUT2D eigenvalue weighted by molar-refractivity contribution is -0.117. The number of carbonyl (C=O) groups is 1. The summed E-state index contributed by atoms with van der Waals surface area (Å²) in [4.78, 5) is 35.1. The van der Waals surface area contributed by atoms with E-state index in [0.29, 0.717) is 11.5 Å². The first-order valence-electron chi connectivity index (χ1n) is 10.9. The van der Waals surface area contributed by atoms with E-state index in [2.05, 4.69) is 22.2 Å². The molecule has 3 heterocycles. The summed E-state index contributed by atoms with van der Waals surface area (Å²) in [5.74, 6) is 0.110. The molecule has 4 rings (SSSR count). The Kier molecular flexibility index (Phi) is 6.33. The third-order valence-corrected chi connectivity index (χ3v) is 6.15. The lowest BCUT2D eigenvalue weighted by Gasteiger charge is -2.34. The van der Waals surface area contributed by atoms with Gasteiger partial charge in [0, 0.05) is 38.4 Å². The van der Waals surface area contributed by atoms with Gasteiger partial charge in [-0.15, -0.1) is 0 Å². The number of carbonyl (C=O) groups excluding carboxylic acids is 1. The fourth-order valence-electron chi connectivity index (χ4n) is 4.28. The summed E-state index contributed by atoms with van der Waals surface area (Å²) in [6, 6.07) is 7.48. The van der Waals surface area contributed by atoms with Gasteiger partial charge in [-0.2, -0.15) is 5.26 Å². The predicted molar refractivity (Wildman–Crippen MR) is 120 cm³/mol. The van der Waals surface area contributed by atoms with Crippen molar-refractivity contribution in [3.8, 4) is 6.07 Å². The first-order valence-corrected chi connectivity index (χ1v) is 10.9. The van der Waals surface area contributed by atoms with Gasteiger partial charge in [0.25, 0.3) is 11.5 Å². The van der Waals surface area contributed by atoms with Gasteiger partial charge in [0.1, 0.15) is 23.1 Å². The molecule has 162 valence electrons. The Bertz CT molecular complexity index is 1090. The van der Waals surface area contributed by atoms with Gasteiger partial charge >= 0.3 is 0 Å². The topological polar surface area (TPSA) is 93.7 Å². The number of anilines is 1. The Balaban J connectivity index is 1.74. The van der Waals surface area contributed by atoms with Crippen LogP contribution in [0.1, 0.15) is 37.7 Å². The lowest BCUT2D eigenvalue weighted by atomic mass is 9.95. The van der Waals surface area contributed by atoms with E-state index in [1.165, 1.54) is 16.9 Å². The van der Waals surface area contributed by atoms with Crippen LogP contribution in [0.5, 0.6) is 0 Å². The Labute approximate surface area is 181 Å². The third kappa shape index (κ3) is 4.62. The second-order valence-corrected chi connectivity index (χ2v) is 8.35. The highest BCUT2D eigenvalue weighted by molar-refractivity contribution is 6.02. The molecule has 1 amide bonds. The number of fused-ring (bicyclic) bond motifs is 1. The highest BCUT2D eigenvalue weighted by atomic mass is 16.2. The summed E-state index contributed by atoms with van der Waals surface area (Å²) in [6.45, 7) is 3.16. The number of aromatic nitrogens is 2. The molecular weight excluding hydrogens is 392 g/mol. The minimum absolute atomic E-state index is 0.0595. The van der Waals surface area contributed by atoms with E-state index in [4.69, 9.17) is 4.98 Å². The molecule has 1 saturated carbocycles. The number of amides is 1. The average molecular weight is 421 g/mol. The number of pyridine rings is 1. The summed E-state index contributed by atoms with van der Waals surface area (Å²) in [5, 5.41) is 12.7. The smallest absolute Gasteiger partial charge is 0.267 e. The molecule has 0 spiro atoms. The Morgan fingerprint density at radius 1 is 1.19 bits per heavy atom. The molecule has 0 aromatic carbocycles. The Morgan fingerprint density at radius 2 is 1.94 bits per heavy atom. The number of hydrogen-bond acceptors (Lipinski definition) is 6. The molecule has 1 aliphatic carbocycles. The molecule has 1 aliphatic heterocycles. The number of nitrogens with zero attached hydrogens (tertiary/aromatic N) is 5. The molecule has 0 radical (unpaired) electrons. The molecule has 2 fully saturated rings. The molecular formula is C23H28N6O2. The van der Waals surface area contributed by atoms with Gasteiger partial charge in [-0.1, -0.05) is 25.3 Å². The zero-order chi connectivity index (χ0) is 21.8. The monoisotopic (exact) mass is 420 g/mol. The van der Waals surface area contributed by atoms with Crippen LogP contribution in [-0.2, 0) is 4.79 Å². The van der Waals surface area contributed by atoms with Gasteiger partial charge in [-0.05, 0) is 38.1 Å². The standard InChI is InChI=1S/C23H28N6O2/c1-27-11-13-28(14-12-27)21-19(23(31)29-10-6-5-9-20(29)26-21)15-17(16-24)22(30)25-18-7-3-2-4-8-18/h5-6,9-10,15,18H,2-4,7-8,11-14H2,1H3,(H,25,30). The van der Waals surface area contributed by atoms with Crippen LogP contribution in [0.2, 0.25) is 0 Å². The molecule has 2 aromatic heterocycles. The van der Waals surface area contributed by atoms with Crippen molar-refractivity contribution in [2.75, 3.05) is 38.1 Å². The summed E-state index contributed by atoms with van der Waals surface area (Å²) in [7, 11) is 2.06. The van der Waals surface area contributed by atoms with Crippen LogP contribution in [0.25, 0.3) is 11.7 Å². The summed E-state index contributed by atoms with van der Waals surface area (Å²) in [5.41, 5.74) is 0.487. The molecule has 1 N–H and O–H groups in total. The maximum atomic E-state index is 13.3. The second-order valence-electron chi connectivity index (χ2n) is 8.35. The average Bonchev–Trinajstić information content (AvgIpc) is 2.79. The third-order valence-electron chi connectivity index (χ3n) is 6.15. The van der Waals surface area contributed by atoms with Crippen molar-refractivity contribution in [3.63, 3.8) is 0 Å². The van der Waals surface area contributed by atoms with Crippen LogP contribution in [0.15, 0.2) is 34.8 Å². The van der Waals surface area contributed by atoms with Gasteiger partial charge in [0.2, 0.25) is 0 Å². The van der Waals surface area contributed by atoms with Crippen molar-refractivity contribution in [1.82, 2.24) is 19.6 Å². The number of nitrogens with one attached hydrogen (secondary N) is 1. The SMILES string of the molecule is CN1CCN(c2nc3ccccn3c(=O)c2C=C(C#N)C(=O)NC2CCCCC2)CC1. The van der Waals surface area contributed by atoms with Gasteiger partial charge in [0.05, 0.1) is 5.56 Å². The van der Waals surface area contributed by atoms with Crippen molar-refractivity contribution >= 4 is 23.4 Å². The van der Waals surface area contributed by atoms with Crippen LogP contribution in [-0.4, -0.2) is 59.5 Å². The molecule has 0 atom stereocenters. The van der Waals surface area contributed by atoms with E-state index in [1.807, 2.05) is 12.1 Å². The normalized spacial score (nSPS) is 18.7. The summed E-state index contributed by atoms with van der Waals surface area (Å²) >= 11 is 0. The fourth-order valence-corrected chi connectivity index (χ4v) is 4.28. The lowest BCUT2D eigenvalue weighted by Crippen LogP contribution is -2.45. The zero-order valence-electron chi connectivity index (χ0n) is 17.9. The van der Waals surface area contributed by atoms with Gasteiger partial charge < -0.3 is 15.1 Å². The number of likely N-dealkylation sites (N-methyl/N-ethyl adjacent to an activating group) is 1. The van der Waals surface area contributed by atoms with Crippen molar-refractivity contribution in [2.45, 2.75) is 38.1 Å². The Morgan fingerprint density at radius 3 is 2.65 bits per heavy atom. The highest BCUT2D eigenvalue weighted by Crippen LogP contribution is 2.21. The molecule has 2 aliphatic rings. The van der Waals surface area contributed by atoms with Gasteiger partial charge in [0.15, 0.2) is 0 Å². The molecule has 0 unspecified atom stereocenters. The highest BCUT2D eigenvalue weighted by Gasteiger charge is 2.23. The number of hydrogen-bond donors (Lipinski definition) is 1. The second kappa shape index (κ2) is 9.31. The molecule has 8 heteroatoms. The van der Waals surface area contributed by atoms with Crippen molar-refractivity contribution < 1.29 is 4.79 Å². The largest absolute Gasteiger partial charge is 0.353 e. The summed E-state index contributed by atoms with van der Waals surface area (Å²) in [6.07, 6.45) is 8.28. The molecule has 8 nitrogen and oxygen atoms in total. The van der Waals surface area contributed by atoms with Crippen molar-refractivity contribution in [2.24, 2.45) is 0 Å². The van der Waals surface area contributed by atoms with Gasteiger partial charge in [-0.25, -0.2) is 4.98 Å². The minimum atomic E-state index is -0.420. The number of rotatable bonds is 4. The maximum absolute atomic E-state index is 13.3. The fraction of sp³-hybridized carbons (Fsp3) is 0.478. The zero-order valence-corrected chi connectivity index (χ0v) is 17.9. The molecule has 2 aromatic rings. The predicted octanol–water partition coefficient (Wildman–Crippen LogP) is 1.80. The molecule has 1 saturated heterocycles. The number of nitriles is 1. The van der Waals surface area contributed by atoms with Crippen LogP contribution in [0.3, 0.4) is 0 Å². The van der Waals surface area contributed by atoms with E-state index in [0.717, 1.165) is 51.9 Å². The Hall–Kier alpha value is -3.18. The minimum Gasteiger partial charge on any atom is -0.353 e. The van der Waals surface area contributed by atoms with Gasteiger partial charge in [-0.3, -0.25) is 14.0 Å². The van der Waals surface area contributed by atoms with Crippen LogP contribution in [0, 0.1) is 11.3 Å². The first kappa shape index (κ1) is 21.1. The summed E-state index contributed by atoms with van der Waals surface area (Å²) < 4.78 is 1.46. The maximum Gasteiger partial charge on any atom is 0.267 e. The van der Waals surface area contributed by atoms with Crippen LogP contribution >= 0.6 is 0 Å². The van der Waals surface area contributed by atoms with Crippen molar-refractivity contribution in [3.05, 3.63) is 45.9 Å². The van der Waals surface area contributed by atoms with Crippen LogP contribution in [0.4, 0.5) is 5.82 Å². The quantitative estimate of drug-likeness (QED) is 0.599. The van der Waals surface area contributed by atoms with E-state index in [1.54, 1.807) is 18.3 Å². The van der Waals surface area contributed by atoms with Crippen molar-refractivity contribution in [1.29, 1.82) is 5.26 Å². The van der Waals surface area contributed by atoms with E-state index in [9.17, 15) is 14.9 Å². The molecule has 0 bridgehead atoms. The van der Waals surface area contributed by atoms with E-state index < -0.39 is 5.91 Å². The first-order chi connectivity index (χ1) is 15.1. The van der Waals surface area contributed by atoms with E-state index >= 15 is 0 Å².